The van der Waals surface area contributed by atoms with E-state index in [1.54, 1.807) is 6.07 Å². The van der Waals surface area contributed by atoms with Crippen LogP contribution in [-0.4, -0.2) is 27.5 Å². The number of aromatic amines is 1. The first-order chi connectivity index (χ1) is 13.9. The van der Waals surface area contributed by atoms with Crippen LogP contribution in [0.25, 0.3) is 5.69 Å². The van der Waals surface area contributed by atoms with Crippen molar-refractivity contribution < 1.29 is 23.1 Å². The van der Waals surface area contributed by atoms with Gasteiger partial charge in [0.05, 0.1) is 0 Å². The average molecular weight is 418 g/mol. The molecule has 0 fully saturated rings. The first kappa shape index (κ1) is 20.2. The summed E-state index contributed by atoms with van der Waals surface area (Å²) in [6, 6.07) is 11.0. The highest BCUT2D eigenvalue weighted by Gasteiger charge is 2.19. The monoisotopic (exact) mass is 418 g/mol. The fourth-order valence-corrected chi connectivity index (χ4v) is 2.71. The number of hydrazine groups is 1. The lowest BCUT2D eigenvalue weighted by molar-refractivity contribution is -0.128. The standard InChI is InChI=1S/C19H16F2N4O3S/c1-11(28-16-5-3-2-4-14(16)21)17(26)23-24-18(27)15-10-22-19(29)25(15)13-8-6-12(20)7-9-13/h2-11H,1H3,(H,22,29)(H,23,26)(H,24,27). The van der Waals surface area contributed by atoms with Gasteiger partial charge < -0.3 is 9.72 Å². The van der Waals surface area contributed by atoms with E-state index in [2.05, 4.69) is 15.8 Å². The summed E-state index contributed by atoms with van der Waals surface area (Å²) in [6.07, 6.45) is 0.282. The van der Waals surface area contributed by atoms with Gasteiger partial charge in [0.15, 0.2) is 22.4 Å². The lowest BCUT2D eigenvalue weighted by Crippen LogP contribution is -2.47. The molecule has 0 saturated heterocycles. The van der Waals surface area contributed by atoms with E-state index in [4.69, 9.17) is 17.0 Å². The van der Waals surface area contributed by atoms with E-state index in [0.717, 1.165) is 0 Å². The van der Waals surface area contributed by atoms with Crippen LogP contribution in [0.1, 0.15) is 17.4 Å². The highest BCUT2D eigenvalue weighted by atomic mass is 32.1. The number of aromatic nitrogens is 2. The van der Waals surface area contributed by atoms with E-state index in [1.807, 2.05) is 0 Å². The summed E-state index contributed by atoms with van der Waals surface area (Å²) in [4.78, 5) is 27.3. The van der Waals surface area contributed by atoms with Crippen molar-refractivity contribution in [3.8, 4) is 11.4 Å². The number of para-hydroxylation sites is 1. The molecule has 0 radical (unpaired) electrons. The lowest BCUT2D eigenvalue weighted by atomic mass is 10.3. The summed E-state index contributed by atoms with van der Waals surface area (Å²) >= 11 is 5.16. The minimum atomic E-state index is -1.07. The minimum Gasteiger partial charge on any atom is -0.478 e. The van der Waals surface area contributed by atoms with Gasteiger partial charge in [-0.2, -0.15) is 0 Å². The highest BCUT2D eigenvalue weighted by molar-refractivity contribution is 7.71. The maximum Gasteiger partial charge on any atom is 0.288 e. The largest absolute Gasteiger partial charge is 0.478 e. The Morgan fingerprint density at radius 2 is 1.79 bits per heavy atom. The number of rotatable bonds is 5. The SMILES string of the molecule is CC(Oc1ccccc1F)C(=O)NNC(=O)c1c[nH]c(=S)n1-c1ccc(F)cc1. The third-order valence-corrected chi connectivity index (χ3v) is 4.20. The Bertz CT molecular complexity index is 1100. The van der Waals surface area contributed by atoms with Gasteiger partial charge >= 0.3 is 0 Å². The molecule has 150 valence electrons. The van der Waals surface area contributed by atoms with Crippen molar-refractivity contribution in [3.05, 3.63) is 76.8 Å². The van der Waals surface area contributed by atoms with Crippen LogP contribution in [0, 0.1) is 16.4 Å². The van der Waals surface area contributed by atoms with E-state index in [-0.39, 0.29) is 16.2 Å². The van der Waals surface area contributed by atoms with Crippen molar-refractivity contribution in [3.63, 3.8) is 0 Å². The number of imidazole rings is 1. The Balaban J connectivity index is 1.67. The summed E-state index contributed by atoms with van der Waals surface area (Å²) in [5.74, 6) is -2.49. The second-order valence-corrected chi connectivity index (χ2v) is 6.31. The summed E-state index contributed by atoms with van der Waals surface area (Å²) in [7, 11) is 0. The Morgan fingerprint density at radius 3 is 2.48 bits per heavy atom. The summed E-state index contributed by atoms with van der Waals surface area (Å²) in [6.45, 7) is 1.41. The molecule has 1 atom stereocenters. The van der Waals surface area contributed by atoms with Crippen molar-refractivity contribution in [2.45, 2.75) is 13.0 Å². The van der Waals surface area contributed by atoms with Gasteiger partial charge in [-0.1, -0.05) is 12.1 Å². The van der Waals surface area contributed by atoms with Crippen LogP contribution in [0.3, 0.4) is 0 Å². The minimum absolute atomic E-state index is 0.0861. The molecule has 1 heterocycles. The van der Waals surface area contributed by atoms with Crippen LogP contribution in [0.5, 0.6) is 5.75 Å². The van der Waals surface area contributed by atoms with Crippen molar-refractivity contribution in [2.75, 3.05) is 0 Å². The van der Waals surface area contributed by atoms with Crippen LogP contribution < -0.4 is 15.6 Å². The maximum absolute atomic E-state index is 13.6. The second kappa shape index (κ2) is 8.65. The van der Waals surface area contributed by atoms with Gasteiger partial charge in [0.2, 0.25) is 0 Å². The number of carbonyl (C=O) groups excluding carboxylic acids is 2. The number of benzene rings is 2. The molecule has 0 aliphatic carbocycles. The van der Waals surface area contributed by atoms with Gasteiger partial charge in [-0.15, -0.1) is 0 Å². The van der Waals surface area contributed by atoms with E-state index < -0.39 is 29.6 Å². The van der Waals surface area contributed by atoms with Crippen molar-refractivity contribution in [1.82, 2.24) is 20.4 Å². The molecule has 0 aliphatic heterocycles. The molecular weight excluding hydrogens is 402 g/mol. The van der Waals surface area contributed by atoms with Crippen LogP contribution in [-0.2, 0) is 4.79 Å². The fraction of sp³-hybridized carbons (Fsp3) is 0.105. The molecule has 0 aliphatic rings. The number of hydrogen-bond donors (Lipinski definition) is 3. The van der Waals surface area contributed by atoms with Crippen LogP contribution in [0.4, 0.5) is 8.78 Å². The Labute approximate surface area is 169 Å². The van der Waals surface area contributed by atoms with Crippen molar-refractivity contribution >= 4 is 24.0 Å². The number of halogens is 2. The van der Waals surface area contributed by atoms with E-state index in [9.17, 15) is 18.4 Å². The number of nitrogens with zero attached hydrogens (tertiary/aromatic N) is 1. The summed E-state index contributed by atoms with van der Waals surface area (Å²) in [5.41, 5.74) is 5.00. The van der Waals surface area contributed by atoms with Gasteiger partial charge in [0, 0.05) is 11.9 Å². The molecule has 1 unspecified atom stereocenters. The normalized spacial score (nSPS) is 11.6. The van der Waals surface area contributed by atoms with Gasteiger partial charge in [0.25, 0.3) is 11.8 Å². The number of amides is 2. The van der Waals surface area contributed by atoms with Crippen molar-refractivity contribution in [1.29, 1.82) is 0 Å². The smallest absolute Gasteiger partial charge is 0.288 e. The number of carbonyl (C=O) groups is 2. The first-order valence-electron chi connectivity index (χ1n) is 8.44. The summed E-state index contributed by atoms with van der Waals surface area (Å²) < 4.78 is 33.6. The van der Waals surface area contributed by atoms with Crippen LogP contribution >= 0.6 is 12.2 Å². The molecule has 3 N–H and O–H groups in total. The molecule has 0 spiro atoms. The highest BCUT2D eigenvalue weighted by Crippen LogP contribution is 2.17. The molecular formula is C19H16F2N4O3S. The number of ether oxygens (including phenoxy) is 1. The molecule has 0 saturated carbocycles. The van der Waals surface area contributed by atoms with E-state index >= 15 is 0 Å². The molecule has 2 amide bonds. The van der Waals surface area contributed by atoms with E-state index in [0.29, 0.717) is 5.69 Å². The van der Waals surface area contributed by atoms with Crippen LogP contribution in [0.15, 0.2) is 54.7 Å². The number of nitrogens with one attached hydrogen (secondary N) is 3. The zero-order valence-corrected chi connectivity index (χ0v) is 15.9. The van der Waals surface area contributed by atoms with Gasteiger partial charge in [-0.25, -0.2) is 8.78 Å². The second-order valence-electron chi connectivity index (χ2n) is 5.92. The Hall–Kier alpha value is -3.53. The van der Waals surface area contributed by atoms with E-state index in [1.165, 1.54) is 60.2 Å². The zero-order valence-electron chi connectivity index (χ0n) is 15.1. The molecule has 3 rings (SSSR count). The molecule has 7 nitrogen and oxygen atoms in total. The fourth-order valence-electron chi connectivity index (χ4n) is 2.45. The molecule has 0 bridgehead atoms. The molecule has 2 aromatic carbocycles. The van der Waals surface area contributed by atoms with Crippen LogP contribution in [0.2, 0.25) is 0 Å². The Kier molecular flexibility index (Phi) is 6.03. The maximum atomic E-state index is 13.6. The topological polar surface area (TPSA) is 88.2 Å². The zero-order chi connectivity index (χ0) is 21.0. The van der Waals surface area contributed by atoms with Gasteiger partial charge in [-0.05, 0) is 55.5 Å². The first-order valence-corrected chi connectivity index (χ1v) is 8.85. The Morgan fingerprint density at radius 1 is 1.10 bits per heavy atom. The summed E-state index contributed by atoms with van der Waals surface area (Å²) in [5, 5.41) is 0. The van der Waals surface area contributed by atoms with Gasteiger partial charge in [0.1, 0.15) is 11.5 Å². The number of hydrogen-bond acceptors (Lipinski definition) is 4. The van der Waals surface area contributed by atoms with Gasteiger partial charge in [-0.3, -0.25) is 25.0 Å². The predicted octanol–water partition coefficient (Wildman–Crippen LogP) is 3.04. The average Bonchev–Trinajstić information content (AvgIpc) is 3.09. The molecule has 3 aromatic rings. The quantitative estimate of drug-likeness (QED) is 0.439. The predicted molar refractivity (Wildman–Crippen MR) is 103 cm³/mol. The molecule has 1 aromatic heterocycles. The third-order valence-electron chi connectivity index (χ3n) is 3.90. The third kappa shape index (κ3) is 4.66. The molecule has 29 heavy (non-hydrogen) atoms. The number of H-pyrrole nitrogens is 1. The lowest BCUT2D eigenvalue weighted by Gasteiger charge is -2.15. The van der Waals surface area contributed by atoms with Crippen molar-refractivity contribution in [2.24, 2.45) is 0 Å². The molecule has 10 heteroatoms.